The number of hydrogen-bond acceptors (Lipinski definition) is 4. The van der Waals surface area contributed by atoms with Crippen molar-refractivity contribution in [3.8, 4) is 5.75 Å². The largest absolute Gasteiger partial charge is 0.497 e. The van der Waals surface area contributed by atoms with Crippen LogP contribution < -0.4 is 15.4 Å². The number of hydrogen-bond donors (Lipinski definition) is 2. The van der Waals surface area contributed by atoms with E-state index in [1.54, 1.807) is 62.6 Å². The van der Waals surface area contributed by atoms with E-state index in [2.05, 4.69) is 10.6 Å². The van der Waals surface area contributed by atoms with Crippen molar-refractivity contribution in [3.63, 3.8) is 0 Å². The Hall–Kier alpha value is -4.13. The summed E-state index contributed by atoms with van der Waals surface area (Å²) in [7, 11) is 1.58. The molecule has 162 valence electrons. The zero-order valence-electron chi connectivity index (χ0n) is 17.8. The second kappa shape index (κ2) is 8.55. The van der Waals surface area contributed by atoms with Crippen LogP contribution in [0.25, 0.3) is 0 Å². The minimum atomic E-state index is -1.10. The van der Waals surface area contributed by atoms with E-state index in [0.717, 1.165) is 11.1 Å². The van der Waals surface area contributed by atoms with Crippen LogP contribution in [0.1, 0.15) is 28.4 Å². The van der Waals surface area contributed by atoms with Gasteiger partial charge in [0.25, 0.3) is 11.8 Å². The molecule has 7 heteroatoms. The van der Waals surface area contributed by atoms with Gasteiger partial charge in [0.1, 0.15) is 11.3 Å². The molecule has 0 aliphatic carbocycles. The van der Waals surface area contributed by atoms with E-state index in [1.165, 1.54) is 4.90 Å². The molecule has 1 heterocycles. The topological polar surface area (TPSA) is 87.7 Å². The molecule has 3 aromatic rings. The van der Waals surface area contributed by atoms with E-state index in [4.69, 9.17) is 4.74 Å². The number of rotatable bonds is 6. The summed E-state index contributed by atoms with van der Waals surface area (Å²) >= 11 is 0. The molecule has 4 amide bonds. The van der Waals surface area contributed by atoms with Crippen molar-refractivity contribution in [3.05, 3.63) is 95.6 Å². The van der Waals surface area contributed by atoms with Gasteiger partial charge in [-0.2, -0.15) is 0 Å². The first-order valence-electron chi connectivity index (χ1n) is 10.1. The number of anilines is 1. The number of ether oxygens (including phenoxy) is 1. The van der Waals surface area contributed by atoms with Crippen LogP contribution >= 0.6 is 0 Å². The van der Waals surface area contributed by atoms with E-state index < -0.39 is 11.6 Å². The molecule has 0 unspecified atom stereocenters. The second-order valence-corrected chi connectivity index (χ2v) is 7.69. The highest BCUT2D eigenvalue weighted by atomic mass is 16.5. The van der Waals surface area contributed by atoms with E-state index in [-0.39, 0.29) is 18.4 Å². The molecule has 0 aromatic heterocycles. The minimum Gasteiger partial charge on any atom is -0.497 e. The van der Waals surface area contributed by atoms with Crippen molar-refractivity contribution in [1.82, 2.24) is 10.2 Å². The zero-order chi connectivity index (χ0) is 22.7. The molecule has 0 bridgehead atoms. The normalized spacial score (nSPS) is 17.8. The molecule has 1 fully saturated rings. The number of amides is 4. The van der Waals surface area contributed by atoms with Crippen LogP contribution in [0.5, 0.6) is 5.75 Å². The highest BCUT2D eigenvalue weighted by Gasteiger charge is 2.48. The fraction of sp³-hybridized carbons (Fsp3) is 0.160. The summed E-state index contributed by atoms with van der Waals surface area (Å²) in [4.78, 5) is 39.3. The summed E-state index contributed by atoms with van der Waals surface area (Å²) in [6, 6.07) is 22.6. The van der Waals surface area contributed by atoms with Gasteiger partial charge < -0.3 is 15.4 Å². The average Bonchev–Trinajstić information content (AvgIpc) is 3.04. The second-order valence-electron chi connectivity index (χ2n) is 7.69. The number of nitrogens with one attached hydrogen (secondary N) is 2. The molecule has 2 N–H and O–H groups in total. The Morgan fingerprint density at radius 2 is 1.62 bits per heavy atom. The third-order valence-corrected chi connectivity index (χ3v) is 5.53. The molecule has 4 rings (SSSR count). The number of benzene rings is 3. The molecule has 0 radical (unpaired) electrons. The van der Waals surface area contributed by atoms with Crippen LogP contribution in [-0.2, 0) is 16.9 Å². The maximum absolute atomic E-state index is 13.0. The molecule has 32 heavy (non-hydrogen) atoms. The van der Waals surface area contributed by atoms with Crippen LogP contribution in [0, 0.1) is 0 Å². The standard InChI is InChI=1S/C25H23N3O4/c1-25(19-6-4-3-5-7-19)23(30)28(24(31)27-25)16-17-8-10-18(11-9-17)22(29)26-20-12-14-21(32-2)15-13-20/h3-15H,16H2,1-2H3,(H,26,29)(H,27,31)/t25-/m1/s1. The molecule has 0 spiro atoms. The van der Waals surface area contributed by atoms with Crippen molar-refractivity contribution < 1.29 is 19.1 Å². The molecule has 1 aliphatic rings. The van der Waals surface area contributed by atoms with Crippen molar-refractivity contribution in [2.45, 2.75) is 19.0 Å². The number of carbonyl (C=O) groups excluding carboxylic acids is 3. The molecule has 1 saturated heterocycles. The number of nitrogens with zero attached hydrogens (tertiary/aromatic N) is 1. The first-order valence-corrected chi connectivity index (χ1v) is 10.1. The number of urea groups is 1. The van der Waals surface area contributed by atoms with Gasteiger partial charge in [0.2, 0.25) is 0 Å². The maximum atomic E-state index is 13.0. The fourth-order valence-corrected chi connectivity index (χ4v) is 3.63. The van der Waals surface area contributed by atoms with E-state index in [9.17, 15) is 14.4 Å². The lowest BCUT2D eigenvalue weighted by atomic mass is 9.92. The summed E-state index contributed by atoms with van der Waals surface area (Å²) in [5.41, 5.74) is 1.49. The Morgan fingerprint density at radius 3 is 2.25 bits per heavy atom. The van der Waals surface area contributed by atoms with Crippen LogP contribution in [0.3, 0.4) is 0 Å². The maximum Gasteiger partial charge on any atom is 0.325 e. The molecule has 7 nitrogen and oxygen atoms in total. The minimum absolute atomic E-state index is 0.119. The molecular formula is C25H23N3O4. The van der Waals surface area contributed by atoms with Gasteiger partial charge in [-0.3, -0.25) is 14.5 Å². The van der Waals surface area contributed by atoms with Crippen LogP contribution in [0.2, 0.25) is 0 Å². The summed E-state index contributed by atoms with van der Waals surface area (Å²) in [6.45, 7) is 1.82. The Bertz CT molecular complexity index is 1140. The Morgan fingerprint density at radius 1 is 0.969 bits per heavy atom. The van der Waals surface area contributed by atoms with Gasteiger partial charge in [0.15, 0.2) is 0 Å². The number of carbonyl (C=O) groups is 3. The van der Waals surface area contributed by atoms with Gasteiger partial charge in [-0.15, -0.1) is 0 Å². The molecule has 1 atom stereocenters. The predicted octanol–water partition coefficient (Wildman–Crippen LogP) is 3.91. The molecule has 1 aliphatic heterocycles. The van der Waals surface area contributed by atoms with Crippen LogP contribution in [0.15, 0.2) is 78.9 Å². The van der Waals surface area contributed by atoms with Gasteiger partial charge in [-0.05, 0) is 54.4 Å². The van der Waals surface area contributed by atoms with Gasteiger partial charge in [0.05, 0.1) is 13.7 Å². The molecular weight excluding hydrogens is 406 g/mol. The monoisotopic (exact) mass is 429 g/mol. The van der Waals surface area contributed by atoms with Gasteiger partial charge in [0, 0.05) is 11.3 Å². The highest BCUT2D eigenvalue weighted by molar-refractivity contribution is 6.07. The van der Waals surface area contributed by atoms with Crippen molar-refractivity contribution in [2.24, 2.45) is 0 Å². The lowest BCUT2D eigenvalue weighted by Crippen LogP contribution is -2.40. The average molecular weight is 429 g/mol. The van der Waals surface area contributed by atoms with Gasteiger partial charge in [-0.1, -0.05) is 42.5 Å². The van der Waals surface area contributed by atoms with E-state index in [0.29, 0.717) is 17.0 Å². The lowest BCUT2D eigenvalue weighted by molar-refractivity contribution is -0.131. The van der Waals surface area contributed by atoms with Crippen LogP contribution in [0.4, 0.5) is 10.5 Å². The molecule has 3 aromatic carbocycles. The number of imide groups is 1. The van der Waals surface area contributed by atoms with Gasteiger partial charge >= 0.3 is 6.03 Å². The third kappa shape index (κ3) is 4.05. The molecule has 0 saturated carbocycles. The van der Waals surface area contributed by atoms with Crippen molar-refractivity contribution >= 4 is 23.5 Å². The Kier molecular flexibility index (Phi) is 5.64. The van der Waals surface area contributed by atoms with Crippen molar-refractivity contribution in [1.29, 1.82) is 0 Å². The summed E-state index contributed by atoms with van der Waals surface area (Å²) in [5, 5.41) is 5.62. The Labute approximate surface area is 186 Å². The highest BCUT2D eigenvalue weighted by Crippen LogP contribution is 2.29. The summed E-state index contributed by atoms with van der Waals surface area (Å²) in [6.07, 6.45) is 0. The van der Waals surface area contributed by atoms with Crippen molar-refractivity contribution in [2.75, 3.05) is 12.4 Å². The first-order chi connectivity index (χ1) is 15.4. The summed E-state index contributed by atoms with van der Waals surface area (Å²) < 4.78 is 5.11. The van der Waals surface area contributed by atoms with Gasteiger partial charge in [-0.25, -0.2) is 4.79 Å². The third-order valence-electron chi connectivity index (χ3n) is 5.53. The fourth-order valence-electron chi connectivity index (χ4n) is 3.63. The number of methoxy groups -OCH3 is 1. The Balaban J connectivity index is 1.43. The zero-order valence-corrected chi connectivity index (χ0v) is 17.8. The lowest BCUT2D eigenvalue weighted by Gasteiger charge is -2.22. The van der Waals surface area contributed by atoms with Crippen LogP contribution in [-0.4, -0.2) is 29.9 Å². The summed E-state index contributed by atoms with van der Waals surface area (Å²) in [5.74, 6) is 0.139. The quantitative estimate of drug-likeness (QED) is 0.582. The van der Waals surface area contributed by atoms with E-state index in [1.807, 2.05) is 30.3 Å². The first kappa shape index (κ1) is 21.1. The van der Waals surface area contributed by atoms with E-state index >= 15 is 0 Å². The predicted molar refractivity (Wildman–Crippen MR) is 120 cm³/mol. The SMILES string of the molecule is COc1ccc(NC(=O)c2ccc(CN3C(=O)N[C@](C)(c4ccccc4)C3=O)cc2)cc1. The smallest absolute Gasteiger partial charge is 0.325 e.